The number of aryl methyl sites for hydroxylation is 1. The number of amides is 1. The molecule has 186 valence electrons. The molecule has 2 aromatic heterocycles. The van der Waals surface area contributed by atoms with Crippen LogP contribution in [0.15, 0.2) is 41.0 Å². The summed E-state index contributed by atoms with van der Waals surface area (Å²) < 4.78 is 16.6. The van der Waals surface area contributed by atoms with Crippen LogP contribution in [0.5, 0.6) is 11.5 Å². The fraction of sp³-hybridized carbons (Fsp3) is 0.444. The van der Waals surface area contributed by atoms with Gasteiger partial charge in [0.2, 0.25) is 0 Å². The number of rotatable bonds is 7. The van der Waals surface area contributed by atoms with Gasteiger partial charge in [-0.2, -0.15) is 0 Å². The largest absolute Gasteiger partial charge is 0.493 e. The van der Waals surface area contributed by atoms with E-state index in [1.165, 1.54) is 35.1 Å². The van der Waals surface area contributed by atoms with E-state index in [0.717, 1.165) is 55.3 Å². The molecule has 3 heterocycles. The zero-order valence-corrected chi connectivity index (χ0v) is 21.5. The van der Waals surface area contributed by atoms with Crippen molar-refractivity contribution in [2.24, 2.45) is 0 Å². The fourth-order valence-corrected chi connectivity index (χ4v) is 6.52. The molecule has 1 amide bonds. The maximum absolute atomic E-state index is 13.0. The van der Waals surface area contributed by atoms with E-state index in [-0.39, 0.29) is 11.9 Å². The Labute approximate surface area is 210 Å². The molecule has 7 nitrogen and oxygen atoms in total. The highest BCUT2D eigenvalue weighted by molar-refractivity contribution is 7.16. The van der Waals surface area contributed by atoms with Gasteiger partial charge in [0.1, 0.15) is 5.00 Å². The molecule has 0 bridgehead atoms. The molecule has 1 N–H and O–H groups in total. The number of nitrogens with zero attached hydrogens (tertiary/aromatic N) is 2. The Balaban J connectivity index is 1.62. The minimum atomic E-state index is -0.209. The number of carbonyl (C=O) groups excluding carboxylic acids is 1. The average molecular weight is 496 g/mol. The molecule has 3 aromatic rings. The third kappa shape index (κ3) is 4.83. The van der Waals surface area contributed by atoms with Crippen LogP contribution >= 0.6 is 11.3 Å². The molecule has 1 aromatic carbocycles. The van der Waals surface area contributed by atoms with Crippen molar-refractivity contribution in [1.82, 2.24) is 9.80 Å². The van der Waals surface area contributed by atoms with Crippen LogP contribution in [0.1, 0.15) is 51.0 Å². The molecule has 35 heavy (non-hydrogen) atoms. The Morgan fingerprint density at radius 1 is 1.06 bits per heavy atom. The van der Waals surface area contributed by atoms with Crippen LogP contribution < -0.4 is 14.8 Å². The minimum absolute atomic E-state index is 0.00788. The first-order chi connectivity index (χ1) is 17.1. The Morgan fingerprint density at radius 3 is 2.54 bits per heavy atom. The fourth-order valence-electron chi connectivity index (χ4n) is 5.21. The van der Waals surface area contributed by atoms with Gasteiger partial charge in [0.25, 0.3) is 5.91 Å². The Morgan fingerprint density at radius 2 is 1.83 bits per heavy atom. The van der Waals surface area contributed by atoms with Crippen molar-refractivity contribution in [1.29, 1.82) is 0 Å². The van der Waals surface area contributed by atoms with E-state index in [2.05, 4.69) is 34.3 Å². The molecule has 1 aliphatic carbocycles. The van der Waals surface area contributed by atoms with E-state index < -0.39 is 0 Å². The number of anilines is 1. The second-order valence-electron chi connectivity index (χ2n) is 9.24. The van der Waals surface area contributed by atoms with Crippen LogP contribution in [-0.2, 0) is 12.8 Å². The lowest BCUT2D eigenvalue weighted by Gasteiger charge is -2.39. The molecule has 5 rings (SSSR count). The lowest BCUT2D eigenvalue weighted by molar-refractivity contribution is 0.0996. The summed E-state index contributed by atoms with van der Waals surface area (Å²) in [5.74, 6) is 1.55. The number of nitrogens with one attached hydrogen (secondary N) is 1. The number of fused-ring (bicyclic) bond motifs is 1. The number of likely N-dealkylation sites (N-methyl/N-ethyl adjacent to an activating group) is 1. The van der Waals surface area contributed by atoms with Gasteiger partial charge >= 0.3 is 0 Å². The van der Waals surface area contributed by atoms with Crippen molar-refractivity contribution in [3.63, 3.8) is 0 Å². The monoisotopic (exact) mass is 495 g/mol. The number of thiophene rings is 1. The van der Waals surface area contributed by atoms with E-state index >= 15 is 0 Å². The van der Waals surface area contributed by atoms with Crippen LogP contribution in [0.4, 0.5) is 5.00 Å². The van der Waals surface area contributed by atoms with Crippen LogP contribution in [0.25, 0.3) is 0 Å². The SMILES string of the molecule is COc1ccc([C@@H](c2c(NC(=O)c3ccco3)sc3c2CCCC3)N2CCN(C)CC2)cc1OC. The first-order valence-corrected chi connectivity index (χ1v) is 13.0. The molecule has 1 atom stereocenters. The third-order valence-electron chi connectivity index (χ3n) is 7.08. The molecule has 0 spiro atoms. The number of furan rings is 1. The molecule has 2 aliphatic rings. The summed E-state index contributed by atoms with van der Waals surface area (Å²) in [6.45, 7) is 3.91. The van der Waals surface area contributed by atoms with Crippen molar-refractivity contribution in [3.8, 4) is 11.5 Å². The van der Waals surface area contributed by atoms with E-state index in [4.69, 9.17) is 13.9 Å². The zero-order valence-electron chi connectivity index (χ0n) is 20.6. The summed E-state index contributed by atoms with van der Waals surface area (Å²) in [7, 11) is 5.51. The standard InChI is InChI=1S/C27H33N3O4S/c1-29-12-14-30(15-13-29)25(18-10-11-20(32-2)22(17-18)33-3)24-19-7-4-5-9-23(19)35-27(24)28-26(31)21-8-6-16-34-21/h6,8,10-11,16-17,25H,4-5,7,9,12-15H2,1-3H3,(H,28,31)/t25-/m0/s1. The Kier molecular flexibility index (Phi) is 7.13. The number of benzene rings is 1. The van der Waals surface area contributed by atoms with Gasteiger partial charge in [-0.25, -0.2) is 0 Å². The molecule has 8 heteroatoms. The quantitative estimate of drug-likeness (QED) is 0.507. The van der Waals surface area contributed by atoms with Gasteiger partial charge in [-0.15, -0.1) is 11.3 Å². The van der Waals surface area contributed by atoms with Crippen LogP contribution in [0.2, 0.25) is 0 Å². The average Bonchev–Trinajstić information content (AvgIpc) is 3.54. The van der Waals surface area contributed by atoms with Gasteiger partial charge in [-0.1, -0.05) is 6.07 Å². The normalized spacial score (nSPS) is 17.6. The summed E-state index contributed by atoms with van der Waals surface area (Å²) >= 11 is 1.73. The molecule has 0 radical (unpaired) electrons. The lowest BCUT2D eigenvalue weighted by atomic mass is 9.88. The van der Waals surface area contributed by atoms with Crippen LogP contribution in [-0.4, -0.2) is 63.2 Å². The summed E-state index contributed by atoms with van der Waals surface area (Å²) in [5, 5.41) is 4.14. The van der Waals surface area contributed by atoms with Gasteiger partial charge in [-0.05, 0) is 68.1 Å². The summed E-state index contributed by atoms with van der Waals surface area (Å²) in [6.07, 6.45) is 5.99. The molecular weight excluding hydrogens is 462 g/mol. The first-order valence-electron chi connectivity index (χ1n) is 12.2. The summed E-state index contributed by atoms with van der Waals surface area (Å²) in [5.41, 5.74) is 3.77. The highest BCUT2D eigenvalue weighted by Crippen LogP contribution is 2.46. The minimum Gasteiger partial charge on any atom is -0.493 e. The number of hydrogen-bond acceptors (Lipinski definition) is 7. The topological polar surface area (TPSA) is 67.2 Å². The molecule has 1 aliphatic heterocycles. The van der Waals surface area contributed by atoms with E-state index in [1.807, 2.05) is 6.07 Å². The van der Waals surface area contributed by atoms with E-state index in [0.29, 0.717) is 11.5 Å². The van der Waals surface area contributed by atoms with Gasteiger partial charge in [-0.3, -0.25) is 9.69 Å². The van der Waals surface area contributed by atoms with Crippen molar-refractivity contribution in [2.75, 3.05) is 52.8 Å². The van der Waals surface area contributed by atoms with Crippen molar-refractivity contribution in [3.05, 3.63) is 63.9 Å². The first kappa shape index (κ1) is 23.9. The molecule has 1 saturated heterocycles. The zero-order chi connectivity index (χ0) is 24.4. The van der Waals surface area contributed by atoms with Crippen molar-refractivity contribution >= 4 is 22.2 Å². The molecular formula is C27H33N3O4S. The van der Waals surface area contributed by atoms with Gasteiger partial charge in [0, 0.05) is 36.6 Å². The van der Waals surface area contributed by atoms with Crippen molar-refractivity contribution < 1.29 is 18.7 Å². The van der Waals surface area contributed by atoms with Crippen molar-refractivity contribution in [2.45, 2.75) is 31.7 Å². The Bertz CT molecular complexity index is 1170. The van der Waals surface area contributed by atoms with Crippen LogP contribution in [0.3, 0.4) is 0 Å². The van der Waals surface area contributed by atoms with E-state index in [1.54, 1.807) is 37.7 Å². The number of carbonyl (C=O) groups is 1. The highest BCUT2D eigenvalue weighted by Gasteiger charge is 2.34. The smallest absolute Gasteiger partial charge is 0.291 e. The number of piperazine rings is 1. The second-order valence-corrected chi connectivity index (χ2v) is 10.3. The maximum atomic E-state index is 13.0. The van der Waals surface area contributed by atoms with Gasteiger partial charge in [0.05, 0.1) is 26.5 Å². The maximum Gasteiger partial charge on any atom is 0.291 e. The van der Waals surface area contributed by atoms with Crippen LogP contribution in [0, 0.1) is 0 Å². The number of methoxy groups -OCH3 is 2. The predicted molar refractivity (Wildman–Crippen MR) is 138 cm³/mol. The molecule has 0 unspecified atom stereocenters. The highest BCUT2D eigenvalue weighted by atomic mass is 32.1. The lowest BCUT2D eigenvalue weighted by Crippen LogP contribution is -2.46. The number of ether oxygens (including phenoxy) is 2. The van der Waals surface area contributed by atoms with E-state index in [9.17, 15) is 4.79 Å². The number of hydrogen-bond donors (Lipinski definition) is 1. The summed E-state index contributed by atoms with van der Waals surface area (Å²) in [4.78, 5) is 19.3. The Hall–Kier alpha value is -2.81. The third-order valence-corrected chi connectivity index (χ3v) is 8.31. The van der Waals surface area contributed by atoms with Gasteiger partial charge < -0.3 is 24.1 Å². The predicted octanol–water partition coefficient (Wildman–Crippen LogP) is 4.83. The molecule has 0 saturated carbocycles. The molecule has 1 fully saturated rings. The van der Waals surface area contributed by atoms with Gasteiger partial charge in [0.15, 0.2) is 17.3 Å². The second kappa shape index (κ2) is 10.4. The summed E-state index contributed by atoms with van der Waals surface area (Å²) in [6, 6.07) is 9.66.